The van der Waals surface area contributed by atoms with Crippen LogP contribution in [-0.4, -0.2) is 9.55 Å². The molecular weight excluding hydrogens is 250 g/mol. The van der Waals surface area contributed by atoms with E-state index in [1.54, 1.807) is 35.4 Å². The summed E-state index contributed by atoms with van der Waals surface area (Å²) in [5.74, 6) is -0.663. The summed E-state index contributed by atoms with van der Waals surface area (Å²) in [6.45, 7) is 0. The number of rotatable bonds is 3. The van der Waals surface area contributed by atoms with E-state index in [1.165, 1.54) is 18.4 Å². The zero-order valence-corrected chi connectivity index (χ0v) is 9.83. The molecule has 0 aliphatic rings. The summed E-state index contributed by atoms with van der Waals surface area (Å²) in [5, 5.41) is 0. The van der Waals surface area contributed by atoms with Crippen LogP contribution in [-0.2, 0) is 0 Å². The maximum Gasteiger partial charge on any atom is 0.131 e. The first kappa shape index (κ1) is 11.6. The molecule has 1 aromatic carbocycles. The highest BCUT2D eigenvalue weighted by atomic mass is 19.1. The van der Waals surface area contributed by atoms with Crippen molar-refractivity contribution in [2.75, 3.05) is 0 Å². The molecule has 0 spiro atoms. The second kappa shape index (κ2) is 4.68. The molecule has 0 radical (unpaired) electrons. The predicted octanol–water partition coefficient (Wildman–Crippen LogP) is 3.39. The third-order valence-electron chi connectivity index (χ3n) is 2.89. The maximum absolute atomic E-state index is 14.0. The van der Waals surface area contributed by atoms with Gasteiger partial charge in [-0.05, 0) is 18.2 Å². The van der Waals surface area contributed by atoms with Crippen molar-refractivity contribution < 1.29 is 13.2 Å². The molecule has 3 aromatic rings. The van der Waals surface area contributed by atoms with E-state index in [2.05, 4.69) is 4.98 Å². The van der Waals surface area contributed by atoms with E-state index in [4.69, 9.17) is 4.42 Å². The van der Waals surface area contributed by atoms with Gasteiger partial charge in [-0.2, -0.15) is 0 Å². The highest BCUT2D eigenvalue weighted by Crippen LogP contribution is 2.29. The van der Waals surface area contributed by atoms with Crippen molar-refractivity contribution in [2.45, 2.75) is 6.04 Å². The molecule has 1 unspecified atom stereocenters. The first-order valence-corrected chi connectivity index (χ1v) is 5.71. The fourth-order valence-corrected chi connectivity index (χ4v) is 2.05. The second-order valence-corrected chi connectivity index (χ2v) is 4.09. The summed E-state index contributed by atoms with van der Waals surface area (Å²) in [4.78, 5) is 3.95. The molecule has 1 atom stereocenters. The summed E-state index contributed by atoms with van der Waals surface area (Å²) in [7, 11) is 0. The topological polar surface area (TPSA) is 31.0 Å². The van der Waals surface area contributed by atoms with Crippen LogP contribution in [0.3, 0.4) is 0 Å². The normalized spacial score (nSPS) is 12.5. The van der Waals surface area contributed by atoms with Crippen molar-refractivity contribution in [3.05, 3.63) is 78.3 Å². The van der Waals surface area contributed by atoms with Crippen LogP contribution in [0, 0.1) is 11.6 Å². The van der Waals surface area contributed by atoms with E-state index in [0.717, 1.165) is 6.07 Å². The van der Waals surface area contributed by atoms with Crippen LogP contribution >= 0.6 is 0 Å². The van der Waals surface area contributed by atoms with Crippen LogP contribution < -0.4 is 0 Å². The molecule has 2 aromatic heterocycles. The van der Waals surface area contributed by atoms with E-state index in [-0.39, 0.29) is 0 Å². The van der Waals surface area contributed by atoms with E-state index >= 15 is 0 Å². The number of hydrogen-bond donors (Lipinski definition) is 0. The highest BCUT2D eigenvalue weighted by Gasteiger charge is 2.22. The molecule has 0 saturated heterocycles. The van der Waals surface area contributed by atoms with E-state index in [0.29, 0.717) is 11.3 Å². The van der Waals surface area contributed by atoms with Gasteiger partial charge in [0.25, 0.3) is 0 Å². The second-order valence-electron chi connectivity index (χ2n) is 4.09. The van der Waals surface area contributed by atoms with Crippen LogP contribution in [0.4, 0.5) is 8.78 Å². The fourth-order valence-electron chi connectivity index (χ4n) is 2.05. The lowest BCUT2D eigenvalue weighted by molar-refractivity contribution is 0.448. The van der Waals surface area contributed by atoms with Gasteiger partial charge in [0.1, 0.15) is 23.4 Å². The quantitative estimate of drug-likeness (QED) is 0.722. The number of halogens is 2. The minimum atomic E-state index is -0.616. The van der Waals surface area contributed by atoms with Gasteiger partial charge in [-0.3, -0.25) is 0 Å². The fraction of sp³-hybridized carbons (Fsp3) is 0.0714. The third kappa shape index (κ3) is 2.14. The zero-order chi connectivity index (χ0) is 13.2. The summed E-state index contributed by atoms with van der Waals surface area (Å²) >= 11 is 0. The van der Waals surface area contributed by atoms with Gasteiger partial charge in [0, 0.05) is 24.0 Å². The van der Waals surface area contributed by atoms with Gasteiger partial charge in [0.05, 0.1) is 12.6 Å². The van der Waals surface area contributed by atoms with E-state index < -0.39 is 17.7 Å². The van der Waals surface area contributed by atoms with Crippen LogP contribution in [0.15, 0.2) is 59.7 Å². The highest BCUT2D eigenvalue weighted by molar-refractivity contribution is 5.29. The maximum atomic E-state index is 14.0. The van der Waals surface area contributed by atoms with Gasteiger partial charge in [-0.1, -0.05) is 6.07 Å². The van der Waals surface area contributed by atoms with Gasteiger partial charge in [0.2, 0.25) is 0 Å². The van der Waals surface area contributed by atoms with Crippen molar-refractivity contribution >= 4 is 0 Å². The minimum Gasteiger partial charge on any atom is -0.467 e. The lowest BCUT2D eigenvalue weighted by Crippen LogP contribution is -2.11. The lowest BCUT2D eigenvalue weighted by Gasteiger charge is -2.17. The molecular formula is C14H10F2N2O. The Morgan fingerprint density at radius 2 is 2.11 bits per heavy atom. The first-order valence-electron chi connectivity index (χ1n) is 5.71. The molecule has 3 rings (SSSR count). The Labute approximate surface area is 108 Å². The molecule has 0 amide bonds. The summed E-state index contributed by atoms with van der Waals surface area (Å²) in [6.07, 6.45) is 6.38. The Morgan fingerprint density at radius 3 is 2.74 bits per heavy atom. The molecule has 19 heavy (non-hydrogen) atoms. The molecule has 3 nitrogen and oxygen atoms in total. The molecule has 0 bridgehead atoms. The summed E-state index contributed by atoms with van der Waals surface area (Å²) in [6, 6.07) is 6.47. The Hall–Kier alpha value is -2.43. The standard InChI is InChI=1S/C14H10F2N2O/c15-10-3-4-11(12(16)8-10)14(13-2-1-7-19-13)18-6-5-17-9-18/h1-9,14H. The molecule has 2 heterocycles. The van der Waals surface area contributed by atoms with Crippen LogP contribution in [0.5, 0.6) is 0 Å². The van der Waals surface area contributed by atoms with Gasteiger partial charge in [-0.15, -0.1) is 0 Å². The molecule has 0 aliphatic carbocycles. The number of hydrogen-bond acceptors (Lipinski definition) is 2. The SMILES string of the molecule is Fc1ccc(C(c2ccco2)n2ccnc2)c(F)c1. The van der Waals surface area contributed by atoms with Gasteiger partial charge in [-0.25, -0.2) is 13.8 Å². The van der Waals surface area contributed by atoms with Crippen LogP contribution in [0.2, 0.25) is 0 Å². The third-order valence-corrected chi connectivity index (χ3v) is 2.89. The Kier molecular flexibility index (Phi) is 2.87. The molecule has 0 aliphatic heterocycles. The van der Waals surface area contributed by atoms with Gasteiger partial charge in [0.15, 0.2) is 0 Å². The average Bonchev–Trinajstić information content (AvgIpc) is 3.06. The van der Waals surface area contributed by atoms with Gasteiger partial charge < -0.3 is 8.98 Å². The smallest absolute Gasteiger partial charge is 0.131 e. The summed E-state index contributed by atoms with van der Waals surface area (Å²) < 4.78 is 34.0. The monoisotopic (exact) mass is 260 g/mol. The molecule has 0 fully saturated rings. The first-order chi connectivity index (χ1) is 9.25. The minimum absolute atomic E-state index is 0.328. The van der Waals surface area contributed by atoms with Crippen molar-refractivity contribution in [1.29, 1.82) is 0 Å². The predicted molar refractivity (Wildman–Crippen MR) is 64.5 cm³/mol. The van der Waals surface area contributed by atoms with Crippen molar-refractivity contribution in [2.24, 2.45) is 0 Å². The van der Waals surface area contributed by atoms with E-state index in [9.17, 15) is 8.78 Å². The zero-order valence-electron chi connectivity index (χ0n) is 9.83. The Bertz CT molecular complexity index is 629. The molecule has 96 valence electrons. The number of furan rings is 1. The lowest BCUT2D eigenvalue weighted by atomic mass is 10.0. The molecule has 5 heteroatoms. The largest absolute Gasteiger partial charge is 0.467 e. The van der Waals surface area contributed by atoms with Crippen LogP contribution in [0.25, 0.3) is 0 Å². The Balaban J connectivity index is 2.14. The molecule has 0 N–H and O–H groups in total. The van der Waals surface area contributed by atoms with Gasteiger partial charge >= 0.3 is 0 Å². The number of imidazole rings is 1. The average molecular weight is 260 g/mol. The van der Waals surface area contributed by atoms with Crippen molar-refractivity contribution in [1.82, 2.24) is 9.55 Å². The van der Waals surface area contributed by atoms with Crippen LogP contribution in [0.1, 0.15) is 17.4 Å². The number of benzene rings is 1. The number of nitrogens with zero attached hydrogens (tertiary/aromatic N) is 2. The molecule has 0 saturated carbocycles. The van der Waals surface area contributed by atoms with Crippen molar-refractivity contribution in [3.8, 4) is 0 Å². The number of aromatic nitrogens is 2. The summed E-state index contributed by atoms with van der Waals surface area (Å²) in [5.41, 5.74) is 0.328. The van der Waals surface area contributed by atoms with E-state index in [1.807, 2.05) is 0 Å². The Morgan fingerprint density at radius 1 is 1.21 bits per heavy atom. The van der Waals surface area contributed by atoms with Crippen molar-refractivity contribution in [3.63, 3.8) is 0 Å².